The van der Waals surface area contributed by atoms with Crippen LogP contribution < -0.4 is 11.1 Å². The predicted octanol–water partition coefficient (Wildman–Crippen LogP) is 1.63. The Morgan fingerprint density at radius 2 is 2.11 bits per heavy atom. The van der Waals surface area contributed by atoms with Crippen molar-refractivity contribution in [3.8, 4) is 0 Å². The summed E-state index contributed by atoms with van der Waals surface area (Å²) >= 11 is 0. The maximum atomic E-state index is 13.8. The fraction of sp³-hybridized carbons (Fsp3) is 0.385. The van der Waals surface area contributed by atoms with Crippen molar-refractivity contribution in [3.63, 3.8) is 0 Å². The molecule has 1 aromatic carbocycles. The molecule has 1 amide bonds. The summed E-state index contributed by atoms with van der Waals surface area (Å²) in [5.74, 6) is -1.36. The van der Waals surface area contributed by atoms with Crippen LogP contribution in [-0.4, -0.2) is 23.0 Å². The normalized spacial score (nSPS) is 13.4. The van der Waals surface area contributed by atoms with Gasteiger partial charge in [0.15, 0.2) is 5.84 Å². The lowest BCUT2D eigenvalue weighted by Crippen LogP contribution is -2.48. The molecule has 19 heavy (non-hydrogen) atoms. The molecule has 0 saturated carbocycles. The molecule has 0 aliphatic rings. The van der Waals surface area contributed by atoms with Gasteiger partial charge in [0.2, 0.25) is 0 Å². The first kappa shape index (κ1) is 14.9. The number of rotatable bonds is 4. The van der Waals surface area contributed by atoms with Crippen LogP contribution in [0.25, 0.3) is 0 Å². The van der Waals surface area contributed by atoms with Crippen LogP contribution in [-0.2, 0) is 0 Å². The minimum Gasteiger partial charge on any atom is -0.409 e. The van der Waals surface area contributed by atoms with Gasteiger partial charge in [-0.25, -0.2) is 4.39 Å². The Morgan fingerprint density at radius 3 is 2.63 bits per heavy atom. The molecule has 104 valence electrons. The quantitative estimate of drug-likeness (QED) is 0.335. The Balaban J connectivity index is 2.98. The van der Waals surface area contributed by atoms with E-state index in [0.717, 1.165) is 0 Å². The molecule has 4 N–H and O–H groups in total. The van der Waals surface area contributed by atoms with E-state index in [0.29, 0.717) is 5.56 Å². The molecule has 5 nitrogen and oxygen atoms in total. The molecule has 0 spiro atoms. The number of halogens is 1. The third-order valence-corrected chi connectivity index (χ3v) is 2.82. The number of nitrogens with zero attached hydrogens (tertiary/aromatic N) is 1. The number of benzene rings is 1. The van der Waals surface area contributed by atoms with Crippen LogP contribution in [0.15, 0.2) is 23.4 Å². The van der Waals surface area contributed by atoms with E-state index in [4.69, 9.17) is 10.9 Å². The molecule has 0 radical (unpaired) electrons. The molecule has 1 aromatic rings. The minimum atomic E-state index is -0.655. The Hall–Kier alpha value is -2.11. The van der Waals surface area contributed by atoms with Crippen LogP contribution >= 0.6 is 0 Å². The average Bonchev–Trinajstić information content (AvgIpc) is 2.37. The zero-order valence-corrected chi connectivity index (χ0v) is 11.1. The number of carbonyl (C=O) groups is 1. The summed E-state index contributed by atoms with van der Waals surface area (Å²) in [7, 11) is 0. The van der Waals surface area contributed by atoms with Crippen molar-refractivity contribution in [3.05, 3.63) is 35.1 Å². The topological polar surface area (TPSA) is 87.7 Å². The van der Waals surface area contributed by atoms with Crippen molar-refractivity contribution in [2.75, 3.05) is 0 Å². The molecule has 0 saturated heterocycles. The summed E-state index contributed by atoms with van der Waals surface area (Å²) < 4.78 is 13.8. The number of hydrogen-bond donors (Lipinski definition) is 3. The smallest absolute Gasteiger partial charge is 0.254 e. The van der Waals surface area contributed by atoms with E-state index in [2.05, 4.69) is 10.5 Å². The Labute approximate surface area is 111 Å². The molecule has 1 atom stereocenters. The van der Waals surface area contributed by atoms with Gasteiger partial charge < -0.3 is 16.3 Å². The molecular formula is C13H18FN3O2. The highest BCUT2D eigenvalue weighted by Crippen LogP contribution is 2.12. The monoisotopic (exact) mass is 267 g/mol. The fourth-order valence-corrected chi connectivity index (χ4v) is 1.69. The molecule has 1 unspecified atom stereocenters. The summed E-state index contributed by atoms with van der Waals surface area (Å²) in [4.78, 5) is 12.0. The summed E-state index contributed by atoms with van der Waals surface area (Å²) in [5.41, 5.74) is 5.83. The second-order valence-electron chi connectivity index (χ2n) is 4.66. The van der Waals surface area contributed by atoms with E-state index in [9.17, 15) is 9.18 Å². The Kier molecular flexibility index (Phi) is 4.86. The zero-order valence-electron chi connectivity index (χ0n) is 11.1. The summed E-state index contributed by atoms with van der Waals surface area (Å²) in [6.07, 6.45) is 0. The second kappa shape index (κ2) is 6.17. The molecule has 1 rings (SSSR count). The van der Waals surface area contributed by atoms with E-state index in [1.54, 1.807) is 32.9 Å². The van der Waals surface area contributed by atoms with Crippen LogP contribution in [0.3, 0.4) is 0 Å². The van der Waals surface area contributed by atoms with E-state index < -0.39 is 17.8 Å². The van der Waals surface area contributed by atoms with Crippen LogP contribution in [0.4, 0.5) is 4.39 Å². The first-order valence-electron chi connectivity index (χ1n) is 5.91. The lowest BCUT2D eigenvalue weighted by Gasteiger charge is -2.21. The first-order chi connectivity index (χ1) is 8.88. The summed E-state index contributed by atoms with van der Waals surface area (Å²) in [6, 6.07) is 3.91. The van der Waals surface area contributed by atoms with E-state index in [1.165, 1.54) is 6.07 Å². The first-order valence-corrected chi connectivity index (χ1v) is 5.91. The highest BCUT2D eigenvalue weighted by atomic mass is 19.1. The highest BCUT2D eigenvalue weighted by molar-refractivity contribution is 5.98. The second-order valence-corrected chi connectivity index (χ2v) is 4.66. The molecule has 0 fully saturated rings. The van der Waals surface area contributed by atoms with Gasteiger partial charge >= 0.3 is 0 Å². The SMILES string of the molecule is Cc1cccc(C(=O)NC(/C(N)=N/O)C(C)C)c1F. The van der Waals surface area contributed by atoms with Gasteiger partial charge in [-0.05, 0) is 24.5 Å². The number of oxime groups is 1. The van der Waals surface area contributed by atoms with Crippen LogP contribution in [0.5, 0.6) is 0 Å². The van der Waals surface area contributed by atoms with Crippen molar-refractivity contribution < 1.29 is 14.4 Å². The van der Waals surface area contributed by atoms with Crippen molar-refractivity contribution >= 4 is 11.7 Å². The molecule has 0 bridgehead atoms. The van der Waals surface area contributed by atoms with Crippen molar-refractivity contribution in [1.82, 2.24) is 5.32 Å². The average molecular weight is 267 g/mol. The molecule has 0 aliphatic carbocycles. The largest absolute Gasteiger partial charge is 0.409 e. The lowest BCUT2D eigenvalue weighted by molar-refractivity contribution is 0.0934. The number of amidine groups is 1. The van der Waals surface area contributed by atoms with Crippen molar-refractivity contribution in [1.29, 1.82) is 0 Å². The maximum Gasteiger partial charge on any atom is 0.254 e. The fourth-order valence-electron chi connectivity index (χ4n) is 1.69. The Bertz CT molecular complexity index is 501. The lowest BCUT2D eigenvalue weighted by atomic mass is 10.0. The van der Waals surface area contributed by atoms with Gasteiger partial charge in [-0.2, -0.15) is 0 Å². The third kappa shape index (κ3) is 3.43. The standard InChI is InChI=1S/C13H18FN3O2/c1-7(2)11(12(15)17-19)16-13(18)9-6-4-5-8(3)10(9)14/h4-7,11,19H,1-3H3,(H2,15,17)(H,16,18). The number of nitrogens with one attached hydrogen (secondary N) is 1. The number of nitrogens with two attached hydrogens (primary N) is 1. The van der Waals surface area contributed by atoms with Gasteiger partial charge in [-0.1, -0.05) is 31.1 Å². The van der Waals surface area contributed by atoms with E-state index in [1.807, 2.05) is 0 Å². The third-order valence-electron chi connectivity index (χ3n) is 2.82. The minimum absolute atomic E-state index is 0.0589. The molecule has 0 heterocycles. The zero-order chi connectivity index (χ0) is 14.6. The molecule has 0 aromatic heterocycles. The van der Waals surface area contributed by atoms with Gasteiger partial charge in [0, 0.05) is 0 Å². The van der Waals surface area contributed by atoms with Gasteiger partial charge in [-0.3, -0.25) is 4.79 Å². The summed E-state index contributed by atoms with van der Waals surface area (Å²) in [5, 5.41) is 14.1. The van der Waals surface area contributed by atoms with Gasteiger partial charge in [0.1, 0.15) is 5.82 Å². The number of hydrogen-bond acceptors (Lipinski definition) is 3. The van der Waals surface area contributed by atoms with Gasteiger partial charge in [-0.15, -0.1) is 0 Å². The van der Waals surface area contributed by atoms with E-state index in [-0.39, 0.29) is 17.3 Å². The number of aryl methyl sites for hydroxylation is 1. The van der Waals surface area contributed by atoms with Gasteiger partial charge in [0.05, 0.1) is 11.6 Å². The van der Waals surface area contributed by atoms with Crippen molar-refractivity contribution in [2.24, 2.45) is 16.8 Å². The van der Waals surface area contributed by atoms with Crippen LogP contribution in [0, 0.1) is 18.7 Å². The summed E-state index contributed by atoms with van der Waals surface area (Å²) in [6.45, 7) is 5.18. The van der Waals surface area contributed by atoms with Crippen molar-refractivity contribution in [2.45, 2.75) is 26.8 Å². The molecule has 0 aliphatic heterocycles. The van der Waals surface area contributed by atoms with Crippen LogP contribution in [0.1, 0.15) is 29.8 Å². The van der Waals surface area contributed by atoms with E-state index >= 15 is 0 Å². The Morgan fingerprint density at radius 1 is 1.47 bits per heavy atom. The molecule has 6 heteroatoms. The predicted molar refractivity (Wildman–Crippen MR) is 70.6 cm³/mol. The van der Waals surface area contributed by atoms with Crippen LogP contribution in [0.2, 0.25) is 0 Å². The number of carbonyl (C=O) groups excluding carboxylic acids is 1. The molecular weight excluding hydrogens is 249 g/mol. The maximum absolute atomic E-state index is 13.8. The highest BCUT2D eigenvalue weighted by Gasteiger charge is 2.23. The number of amides is 1. The van der Waals surface area contributed by atoms with Gasteiger partial charge in [0.25, 0.3) is 5.91 Å².